The van der Waals surface area contributed by atoms with Gasteiger partial charge in [0.25, 0.3) is 0 Å². The highest BCUT2D eigenvalue weighted by Gasteiger charge is 2.57. The van der Waals surface area contributed by atoms with E-state index in [9.17, 15) is 18.3 Å². The van der Waals surface area contributed by atoms with Gasteiger partial charge in [-0.3, -0.25) is 4.79 Å². The van der Waals surface area contributed by atoms with Crippen LogP contribution in [0.3, 0.4) is 0 Å². The molecule has 1 amide bonds. The van der Waals surface area contributed by atoms with E-state index in [-0.39, 0.29) is 22.8 Å². The number of sulfonamides is 1. The summed E-state index contributed by atoms with van der Waals surface area (Å²) in [6.07, 6.45) is 6.26. The molecule has 174 valence electrons. The molecule has 4 rings (SSSR count). The minimum Gasteiger partial charge on any atom is -0.508 e. The van der Waals surface area contributed by atoms with E-state index < -0.39 is 15.3 Å². The fourth-order valence-electron chi connectivity index (χ4n) is 5.60. The number of benzene rings is 1. The molecule has 7 heteroatoms. The van der Waals surface area contributed by atoms with Gasteiger partial charge in [-0.1, -0.05) is 45.7 Å². The molecule has 1 saturated heterocycles. The van der Waals surface area contributed by atoms with Crippen molar-refractivity contribution < 1.29 is 18.3 Å². The number of carbonyl (C=O) groups is 1. The summed E-state index contributed by atoms with van der Waals surface area (Å²) in [5.74, 6) is 0.997. The molecular weight excluding hydrogens is 412 g/mol. The second-order valence-electron chi connectivity index (χ2n) is 10.5. The van der Waals surface area contributed by atoms with Crippen LogP contribution in [0.2, 0.25) is 0 Å². The molecule has 3 aliphatic rings. The summed E-state index contributed by atoms with van der Waals surface area (Å²) in [5.41, 5.74) is 2.38. The molecule has 0 spiro atoms. The first-order chi connectivity index (χ1) is 14.3. The Labute approximate surface area is 187 Å². The Morgan fingerprint density at radius 2 is 1.77 bits per heavy atom. The number of hydrogen-bond donors (Lipinski definition) is 2. The van der Waals surface area contributed by atoms with Crippen LogP contribution >= 0.6 is 0 Å². The van der Waals surface area contributed by atoms with Crippen LogP contribution in [-0.4, -0.2) is 42.2 Å². The van der Waals surface area contributed by atoms with Crippen molar-refractivity contribution in [1.29, 1.82) is 0 Å². The third-order valence-corrected chi connectivity index (χ3v) is 9.59. The lowest BCUT2D eigenvalue weighted by Gasteiger charge is -2.61. The third-order valence-electron chi connectivity index (χ3n) is 8.27. The van der Waals surface area contributed by atoms with Gasteiger partial charge in [0.15, 0.2) is 0 Å². The number of piperidine rings is 1. The molecule has 2 aliphatic carbocycles. The van der Waals surface area contributed by atoms with Crippen LogP contribution in [0.1, 0.15) is 77.8 Å². The first-order valence-corrected chi connectivity index (χ1v) is 13.0. The molecular formula is C24H38N2O4S. The van der Waals surface area contributed by atoms with Crippen LogP contribution in [0.4, 0.5) is 0 Å². The largest absolute Gasteiger partial charge is 0.508 e. The lowest BCUT2D eigenvalue weighted by atomic mass is 9.51. The molecule has 0 unspecified atom stereocenters. The molecule has 1 aromatic rings. The van der Waals surface area contributed by atoms with Crippen molar-refractivity contribution in [3.8, 4) is 5.75 Å². The summed E-state index contributed by atoms with van der Waals surface area (Å²) >= 11 is 0. The number of carbonyl (C=O) groups excluding carboxylic acids is 1. The number of likely N-dealkylation sites (tertiary alicyclic amines) is 1. The number of phenolic OH excluding ortho intramolecular Hbond substituents is 1. The molecule has 1 aromatic carbocycles. The maximum Gasteiger partial charge on any atom is 0.225 e. The van der Waals surface area contributed by atoms with Gasteiger partial charge in [-0.05, 0) is 62.1 Å². The van der Waals surface area contributed by atoms with Gasteiger partial charge >= 0.3 is 0 Å². The second-order valence-corrected chi connectivity index (χ2v) is 12.6. The normalized spacial score (nSPS) is 27.5. The number of nitrogens with zero attached hydrogens (tertiary/aromatic N) is 1. The van der Waals surface area contributed by atoms with Crippen LogP contribution in [0.25, 0.3) is 0 Å². The third kappa shape index (κ3) is 4.23. The number of rotatable bonds is 2. The van der Waals surface area contributed by atoms with Crippen molar-refractivity contribution >= 4 is 15.9 Å². The zero-order chi connectivity index (χ0) is 23.2. The molecule has 1 saturated carbocycles. The Morgan fingerprint density at radius 1 is 1.19 bits per heavy atom. The van der Waals surface area contributed by atoms with Gasteiger partial charge in [0.1, 0.15) is 5.75 Å². The Bertz CT molecular complexity index is 935. The van der Waals surface area contributed by atoms with E-state index in [1.165, 1.54) is 32.3 Å². The highest BCUT2D eigenvalue weighted by atomic mass is 32.2. The Hall–Kier alpha value is -1.60. The van der Waals surface area contributed by atoms with Gasteiger partial charge in [0, 0.05) is 23.9 Å². The average Bonchev–Trinajstić information content (AvgIpc) is 3.19. The molecule has 6 nitrogen and oxygen atoms in total. The van der Waals surface area contributed by atoms with Crippen molar-refractivity contribution in [2.75, 3.05) is 6.54 Å². The first-order valence-electron chi connectivity index (χ1n) is 11.4. The topological polar surface area (TPSA) is 101 Å². The SMILES string of the molecule is CC(C)S(N)(=O)=O.CC1(C)[C@H]2Cc3c(O)cccc3[C@]1(C)CCN2C(=O)C1CCCC1. The van der Waals surface area contributed by atoms with Crippen LogP contribution < -0.4 is 5.14 Å². The van der Waals surface area contributed by atoms with E-state index in [4.69, 9.17) is 0 Å². The van der Waals surface area contributed by atoms with Crippen molar-refractivity contribution in [2.24, 2.45) is 16.5 Å². The van der Waals surface area contributed by atoms with Crippen LogP contribution in [0, 0.1) is 11.3 Å². The predicted molar refractivity (Wildman–Crippen MR) is 123 cm³/mol. The van der Waals surface area contributed by atoms with Crippen LogP contribution in [-0.2, 0) is 26.7 Å². The van der Waals surface area contributed by atoms with Gasteiger partial charge in [-0.15, -0.1) is 0 Å². The number of fused-ring (bicyclic) bond motifs is 4. The molecule has 3 N–H and O–H groups in total. The number of amides is 1. The maximum absolute atomic E-state index is 13.2. The van der Waals surface area contributed by atoms with E-state index in [1.807, 2.05) is 6.07 Å². The lowest BCUT2D eigenvalue weighted by Crippen LogP contribution is -2.65. The van der Waals surface area contributed by atoms with E-state index in [0.29, 0.717) is 11.7 Å². The number of aromatic hydroxyl groups is 1. The van der Waals surface area contributed by atoms with Crippen molar-refractivity contribution in [2.45, 2.75) is 89.9 Å². The van der Waals surface area contributed by atoms with Crippen LogP contribution in [0.15, 0.2) is 18.2 Å². The summed E-state index contributed by atoms with van der Waals surface area (Å²) in [7, 11) is -3.24. The highest BCUT2D eigenvalue weighted by molar-refractivity contribution is 7.89. The number of nitrogens with two attached hydrogens (primary N) is 1. The summed E-state index contributed by atoms with van der Waals surface area (Å²) in [6.45, 7) is 10.9. The summed E-state index contributed by atoms with van der Waals surface area (Å²) in [6, 6.07) is 6.12. The minimum absolute atomic E-state index is 0.0104. The molecule has 2 atom stereocenters. The Kier molecular flexibility index (Phi) is 6.51. The quantitative estimate of drug-likeness (QED) is 0.717. The zero-order valence-corrected chi connectivity index (χ0v) is 20.3. The van der Waals surface area contributed by atoms with Gasteiger partial charge in [0.05, 0.1) is 5.25 Å². The van der Waals surface area contributed by atoms with E-state index >= 15 is 0 Å². The molecule has 0 radical (unpaired) electrons. The molecule has 31 heavy (non-hydrogen) atoms. The first kappa shape index (κ1) is 24.1. The summed E-state index contributed by atoms with van der Waals surface area (Å²) < 4.78 is 20.2. The molecule has 1 heterocycles. The lowest BCUT2D eigenvalue weighted by molar-refractivity contribution is -0.148. The average molecular weight is 451 g/mol. The Balaban J connectivity index is 0.000000339. The zero-order valence-electron chi connectivity index (χ0n) is 19.5. The maximum atomic E-state index is 13.2. The summed E-state index contributed by atoms with van der Waals surface area (Å²) in [5, 5.41) is 14.6. The number of primary sulfonamides is 1. The predicted octanol–water partition coefficient (Wildman–Crippen LogP) is 3.71. The fraction of sp³-hybridized carbons (Fsp3) is 0.708. The summed E-state index contributed by atoms with van der Waals surface area (Å²) in [4.78, 5) is 15.3. The highest BCUT2D eigenvalue weighted by Crippen LogP contribution is 2.57. The van der Waals surface area contributed by atoms with E-state index in [1.54, 1.807) is 6.07 Å². The Morgan fingerprint density at radius 3 is 2.32 bits per heavy atom. The van der Waals surface area contributed by atoms with E-state index in [0.717, 1.165) is 37.8 Å². The molecule has 1 aliphatic heterocycles. The van der Waals surface area contributed by atoms with Gasteiger partial charge in [-0.25, -0.2) is 13.6 Å². The van der Waals surface area contributed by atoms with Crippen molar-refractivity contribution in [3.63, 3.8) is 0 Å². The standard InChI is InChI=1S/C21H29NO2.C3H9NO2S/c1-20(2)18-13-15-16(9-6-10-17(15)23)21(20,3)11-12-22(18)19(24)14-7-4-5-8-14;1-3(2)7(4,5)6/h6,9-10,14,18,23H,4-5,7-8,11-13H2,1-3H3;3H,1-2H3,(H2,4,5,6)/t18-,21+;/m1./s1. The number of hydrogen-bond acceptors (Lipinski definition) is 4. The van der Waals surface area contributed by atoms with E-state index in [2.05, 4.69) is 36.9 Å². The molecule has 2 bridgehead atoms. The van der Waals surface area contributed by atoms with Crippen LogP contribution in [0.5, 0.6) is 5.75 Å². The second kappa shape index (κ2) is 8.39. The van der Waals surface area contributed by atoms with Gasteiger partial charge in [-0.2, -0.15) is 0 Å². The fourth-order valence-corrected chi connectivity index (χ4v) is 5.60. The van der Waals surface area contributed by atoms with Crippen molar-refractivity contribution in [3.05, 3.63) is 29.3 Å². The minimum atomic E-state index is -3.24. The monoisotopic (exact) mass is 450 g/mol. The van der Waals surface area contributed by atoms with Gasteiger partial charge < -0.3 is 10.0 Å². The smallest absolute Gasteiger partial charge is 0.225 e. The van der Waals surface area contributed by atoms with Crippen molar-refractivity contribution in [1.82, 2.24) is 4.90 Å². The molecule has 2 fully saturated rings. The number of phenols is 1. The molecule has 0 aromatic heterocycles. The van der Waals surface area contributed by atoms with Gasteiger partial charge in [0.2, 0.25) is 15.9 Å².